The molecule has 25 heavy (non-hydrogen) atoms. The van der Waals surface area contributed by atoms with Crippen molar-refractivity contribution in [3.63, 3.8) is 0 Å². The maximum atomic E-state index is 12.0. The third-order valence-corrected chi connectivity index (χ3v) is 6.02. The van der Waals surface area contributed by atoms with Crippen molar-refractivity contribution in [3.8, 4) is 0 Å². The summed E-state index contributed by atoms with van der Waals surface area (Å²) in [6, 6.07) is 0.366. The van der Waals surface area contributed by atoms with E-state index in [0.29, 0.717) is 11.9 Å². The molecule has 0 spiro atoms. The number of likely N-dealkylation sites (tertiary alicyclic amines) is 1. The van der Waals surface area contributed by atoms with Crippen LogP contribution in [0.1, 0.15) is 65.2 Å². The van der Waals surface area contributed by atoms with Gasteiger partial charge in [-0.25, -0.2) is 0 Å². The summed E-state index contributed by atoms with van der Waals surface area (Å²) < 4.78 is 0. The number of hydrogen-bond acceptors (Lipinski definition) is 2. The molecular formula is C20H38N4O. The standard InChI is InChI=1S/C20H38N4O/c1-5-18(24-14-6-7-19(24)25)12-13-22-20(21-3)23(4)15-17-10-8-16(2)9-11-17/h16-18H,5-15H2,1-4H3,(H,21,22). The van der Waals surface area contributed by atoms with E-state index in [1.165, 1.54) is 25.7 Å². The fraction of sp³-hybridized carbons (Fsp3) is 0.900. The molecule has 1 unspecified atom stereocenters. The minimum atomic E-state index is 0.333. The number of guanidine groups is 1. The van der Waals surface area contributed by atoms with Crippen molar-refractivity contribution in [2.45, 2.75) is 71.3 Å². The Balaban J connectivity index is 1.74. The van der Waals surface area contributed by atoms with Gasteiger partial charge in [0.1, 0.15) is 0 Å². The van der Waals surface area contributed by atoms with Crippen molar-refractivity contribution in [1.82, 2.24) is 15.1 Å². The van der Waals surface area contributed by atoms with E-state index in [2.05, 4.69) is 41.0 Å². The predicted molar refractivity (Wildman–Crippen MR) is 105 cm³/mol. The fourth-order valence-corrected chi connectivity index (χ4v) is 4.36. The molecule has 0 bridgehead atoms. The van der Waals surface area contributed by atoms with Gasteiger partial charge in [0.25, 0.3) is 0 Å². The quantitative estimate of drug-likeness (QED) is 0.567. The SMILES string of the molecule is CCC(CCNC(=NC)N(C)CC1CCC(C)CC1)N1CCCC1=O. The number of carbonyl (C=O) groups is 1. The van der Waals surface area contributed by atoms with Crippen molar-refractivity contribution in [1.29, 1.82) is 0 Å². The minimum absolute atomic E-state index is 0.333. The number of nitrogens with one attached hydrogen (secondary N) is 1. The Hall–Kier alpha value is -1.26. The van der Waals surface area contributed by atoms with Crippen LogP contribution in [-0.2, 0) is 4.79 Å². The van der Waals surface area contributed by atoms with Gasteiger partial charge in [-0.2, -0.15) is 0 Å². The van der Waals surface area contributed by atoms with Crippen LogP contribution in [0, 0.1) is 11.8 Å². The highest BCUT2D eigenvalue weighted by Gasteiger charge is 2.26. The summed E-state index contributed by atoms with van der Waals surface area (Å²) in [5.41, 5.74) is 0. The molecule has 1 atom stereocenters. The summed E-state index contributed by atoms with van der Waals surface area (Å²) in [7, 11) is 4.01. The Bertz CT molecular complexity index is 443. The lowest BCUT2D eigenvalue weighted by Gasteiger charge is -2.32. The van der Waals surface area contributed by atoms with E-state index in [-0.39, 0.29) is 0 Å². The van der Waals surface area contributed by atoms with Crippen LogP contribution in [0.4, 0.5) is 0 Å². The van der Waals surface area contributed by atoms with Gasteiger partial charge < -0.3 is 15.1 Å². The topological polar surface area (TPSA) is 47.9 Å². The Morgan fingerprint density at radius 3 is 2.64 bits per heavy atom. The predicted octanol–water partition coefficient (Wildman–Crippen LogP) is 3.11. The zero-order valence-electron chi connectivity index (χ0n) is 16.8. The van der Waals surface area contributed by atoms with Gasteiger partial charge in [-0.15, -0.1) is 0 Å². The monoisotopic (exact) mass is 350 g/mol. The van der Waals surface area contributed by atoms with Crippen LogP contribution in [0.15, 0.2) is 4.99 Å². The van der Waals surface area contributed by atoms with E-state index < -0.39 is 0 Å². The van der Waals surface area contributed by atoms with Gasteiger partial charge in [-0.05, 0) is 43.9 Å². The molecule has 5 heteroatoms. The third kappa shape index (κ3) is 5.89. The van der Waals surface area contributed by atoms with Gasteiger partial charge in [-0.3, -0.25) is 9.79 Å². The number of carbonyl (C=O) groups excluding carboxylic acids is 1. The van der Waals surface area contributed by atoms with Crippen LogP contribution < -0.4 is 5.32 Å². The first kappa shape index (κ1) is 20.1. The molecule has 1 saturated carbocycles. The highest BCUT2D eigenvalue weighted by molar-refractivity contribution is 5.79. The molecule has 1 N–H and O–H groups in total. The summed E-state index contributed by atoms with van der Waals surface area (Å²) in [5, 5.41) is 3.51. The van der Waals surface area contributed by atoms with Gasteiger partial charge in [0.05, 0.1) is 0 Å². The first-order chi connectivity index (χ1) is 12.0. The summed E-state index contributed by atoms with van der Waals surface area (Å²) in [5.74, 6) is 3.02. The Kier molecular flexibility index (Phi) is 8.04. The molecule has 2 aliphatic rings. The van der Waals surface area contributed by atoms with Crippen LogP contribution in [0.25, 0.3) is 0 Å². The normalized spacial score (nSPS) is 26.0. The molecule has 1 aliphatic carbocycles. The van der Waals surface area contributed by atoms with E-state index in [9.17, 15) is 4.79 Å². The average Bonchev–Trinajstić information content (AvgIpc) is 3.03. The van der Waals surface area contributed by atoms with Crippen LogP contribution in [0.5, 0.6) is 0 Å². The second kappa shape index (κ2) is 10.0. The van der Waals surface area contributed by atoms with Crippen LogP contribution in [0.3, 0.4) is 0 Å². The smallest absolute Gasteiger partial charge is 0.222 e. The van der Waals surface area contributed by atoms with E-state index in [1.54, 1.807) is 0 Å². The molecule has 0 aromatic carbocycles. The number of amides is 1. The average molecular weight is 351 g/mol. The van der Waals surface area contributed by atoms with Gasteiger partial charge in [-0.1, -0.05) is 26.7 Å². The Morgan fingerprint density at radius 1 is 1.36 bits per heavy atom. The second-order valence-electron chi connectivity index (χ2n) is 8.02. The number of nitrogens with zero attached hydrogens (tertiary/aromatic N) is 3. The van der Waals surface area contributed by atoms with Crippen LogP contribution in [-0.4, -0.2) is 61.4 Å². The minimum Gasteiger partial charge on any atom is -0.356 e. The first-order valence-corrected chi connectivity index (χ1v) is 10.3. The molecular weight excluding hydrogens is 312 g/mol. The van der Waals surface area contributed by atoms with Crippen molar-refractivity contribution in [3.05, 3.63) is 0 Å². The molecule has 0 aromatic rings. The fourth-order valence-electron chi connectivity index (χ4n) is 4.36. The first-order valence-electron chi connectivity index (χ1n) is 10.3. The summed E-state index contributed by atoms with van der Waals surface area (Å²) in [6.07, 6.45) is 9.20. The highest BCUT2D eigenvalue weighted by Crippen LogP contribution is 2.28. The lowest BCUT2D eigenvalue weighted by Crippen LogP contribution is -2.44. The molecule has 1 saturated heterocycles. The summed E-state index contributed by atoms with van der Waals surface area (Å²) in [4.78, 5) is 20.8. The van der Waals surface area contributed by atoms with Crippen molar-refractivity contribution in [2.24, 2.45) is 16.8 Å². The lowest BCUT2D eigenvalue weighted by molar-refractivity contribution is -0.129. The zero-order chi connectivity index (χ0) is 18.2. The molecule has 5 nitrogen and oxygen atoms in total. The van der Waals surface area contributed by atoms with Gasteiger partial charge in [0, 0.05) is 46.2 Å². The van der Waals surface area contributed by atoms with Gasteiger partial charge >= 0.3 is 0 Å². The Labute approximate surface area is 154 Å². The molecule has 0 radical (unpaired) electrons. The van der Waals surface area contributed by atoms with Crippen molar-refractivity contribution >= 4 is 11.9 Å². The maximum absolute atomic E-state index is 12.0. The number of rotatable bonds is 7. The summed E-state index contributed by atoms with van der Waals surface area (Å²) in [6.45, 7) is 7.46. The molecule has 1 amide bonds. The molecule has 144 valence electrons. The molecule has 0 aromatic heterocycles. The lowest BCUT2D eigenvalue weighted by atomic mass is 9.83. The van der Waals surface area contributed by atoms with Gasteiger partial charge in [0.15, 0.2) is 5.96 Å². The zero-order valence-corrected chi connectivity index (χ0v) is 16.8. The maximum Gasteiger partial charge on any atom is 0.222 e. The van der Waals surface area contributed by atoms with Crippen molar-refractivity contribution < 1.29 is 4.79 Å². The second-order valence-corrected chi connectivity index (χ2v) is 8.02. The largest absolute Gasteiger partial charge is 0.356 e. The van der Waals surface area contributed by atoms with E-state index in [0.717, 1.165) is 63.1 Å². The Morgan fingerprint density at radius 2 is 2.08 bits per heavy atom. The molecule has 1 heterocycles. The summed E-state index contributed by atoms with van der Waals surface area (Å²) >= 11 is 0. The van der Waals surface area contributed by atoms with Crippen LogP contribution >= 0.6 is 0 Å². The van der Waals surface area contributed by atoms with Crippen molar-refractivity contribution in [2.75, 3.05) is 33.7 Å². The number of aliphatic imine (C=N–C) groups is 1. The van der Waals surface area contributed by atoms with E-state index >= 15 is 0 Å². The third-order valence-electron chi connectivity index (χ3n) is 6.02. The number of hydrogen-bond donors (Lipinski definition) is 1. The molecule has 2 rings (SSSR count). The molecule has 1 aliphatic heterocycles. The van der Waals surface area contributed by atoms with E-state index in [1.807, 2.05) is 7.05 Å². The highest BCUT2D eigenvalue weighted by atomic mass is 16.2. The van der Waals surface area contributed by atoms with E-state index in [4.69, 9.17) is 0 Å². The van der Waals surface area contributed by atoms with Crippen LogP contribution in [0.2, 0.25) is 0 Å². The molecule has 2 fully saturated rings. The van der Waals surface area contributed by atoms with Gasteiger partial charge in [0.2, 0.25) is 5.91 Å².